The van der Waals surface area contributed by atoms with Crippen molar-refractivity contribution in [1.82, 2.24) is 0 Å². The van der Waals surface area contributed by atoms with E-state index in [9.17, 15) is 9.59 Å². The van der Waals surface area contributed by atoms with E-state index in [-0.39, 0.29) is 17.8 Å². The van der Waals surface area contributed by atoms with E-state index in [1.54, 1.807) is 4.90 Å². The molecule has 6 heteroatoms. The molecule has 3 N–H and O–H groups in total. The Morgan fingerprint density at radius 2 is 1.69 bits per heavy atom. The van der Waals surface area contributed by atoms with Crippen molar-refractivity contribution in [3.05, 3.63) is 29.8 Å². The number of carbonyl (C=O) groups is 2. The van der Waals surface area contributed by atoms with Gasteiger partial charge in [0.25, 0.3) is 5.91 Å². The van der Waals surface area contributed by atoms with Crippen molar-refractivity contribution in [2.75, 3.05) is 45.2 Å². The first-order valence-corrected chi connectivity index (χ1v) is 9.78. The van der Waals surface area contributed by atoms with Gasteiger partial charge in [-0.2, -0.15) is 0 Å². The maximum absolute atomic E-state index is 12.3. The Morgan fingerprint density at radius 3 is 2.31 bits per heavy atom. The zero-order chi connectivity index (χ0) is 18.4. The molecule has 0 bridgehead atoms. The van der Waals surface area contributed by atoms with Crippen LogP contribution in [0.15, 0.2) is 24.3 Å². The number of nitrogens with one attached hydrogen (secondary N) is 3. The highest BCUT2D eigenvalue weighted by Crippen LogP contribution is 2.11. The van der Waals surface area contributed by atoms with Crippen molar-refractivity contribution < 1.29 is 24.1 Å². The van der Waals surface area contributed by atoms with Crippen molar-refractivity contribution >= 4 is 17.6 Å². The number of hydrogen-bond donors (Lipinski definition) is 3. The molecule has 142 valence electrons. The summed E-state index contributed by atoms with van der Waals surface area (Å²) in [4.78, 5) is 26.7. The first-order chi connectivity index (χ1) is 12.6. The fourth-order valence-electron chi connectivity index (χ4n) is 4.08. The molecule has 26 heavy (non-hydrogen) atoms. The van der Waals surface area contributed by atoms with Gasteiger partial charge in [-0.15, -0.1) is 0 Å². The molecule has 2 aliphatic heterocycles. The van der Waals surface area contributed by atoms with Gasteiger partial charge in [-0.25, -0.2) is 0 Å². The van der Waals surface area contributed by atoms with E-state index in [1.807, 2.05) is 12.1 Å². The van der Waals surface area contributed by atoms with Crippen LogP contribution in [0.1, 0.15) is 31.2 Å². The molecule has 1 aromatic carbocycles. The van der Waals surface area contributed by atoms with E-state index in [0.29, 0.717) is 6.54 Å². The van der Waals surface area contributed by atoms with E-state index in [0.717, 1.165) is 38.2 Å². The van der Waals surface area contributed by atoms with Crippen LogP contribution in [0.4, 0.5) is 5.69 Å². The highest BCUT2D eigenvalue weighted by atomic mass is 16.5. The summed E-state index contributed by atoms with van der Waals surface area (Å²) in [5, 5.41) is 3.00. The molecular formula is C20H31N3O3+2. The standard InChI is InChI=1S/C20H29N3O3/c1-26-20(25)17-8-12-23(13-9-17)15-19(24)21-18-6-4-16(5-7-18)14-22-10-2-3-11-22/h4-7,17H,2-3,8-15H2,1H3,(H,21,24)/p+2. The lowest BCUT2D eigenvalue weighted by molar-refractivity contribution is -0.901. The lowest BCUT2D eigenvalue weighted by Crippen LogP contribution is -3.14. The summed E-state index contributed by atoms with van der Waals surface area (Å²) in [7, 11) is 1.44. The minimum Gasteiger partial charge on any atom is -0.469 e. The molecule has 0 aliphatic carbocycles. The smallest absolute Gasteiger partial charge is 0.309 e. The number of likely N-dealkylation sites (tertiary alicyclic amines) is 2. The van der Waals surface area contributed by atoms with Crippen LogP contribution in [0.25, 0.3) is 0 Å². The molecule has 2 aliphatic rings. The summed E-state index contributed by atoms with van der Waals surface area (Å²) in [6, 6.07) is 8.24. The zero-order valence-corrected chi connectivity index (χ0v) is 15.7. The van der Waals surface area contributed by atoms with E-state index >= 15 is 0 Å². The predicted molar refractivity (Wildman–Crippen MR) is 99.0 cm³/mol. The van der Waals surface area contributed by atoms with Crippen LogP contribution in [0.3, 0.4) is 0 Å². The number of rotatable bonds is 6. The second kappa shape index (κ2) is 9.14. The average Bonchev–Trinajstić information content (AvgIpc) is 3.16. The molecule has 0 atom stereocenters. The first kappa shape index (κ1) is 18.9. The lowest BCUT2D eigenvalue weighted by Gasteiger charge is -2.27. The summed E-state index contributed by atoms with van der Waals surface area (Å²) in [5.74, 6) is -0.0871. The monoisotopic (exact) mass is 361 g/mol. The van der Waals surface area contributed by atoms with E-state index in [1.165, 1.54) is 43.5 Å². The van der Waals surface area contributed by atoms with Crippen molar-refractivity contribution in [3.8, 4) is 0 Å². The van der Waals surface area contributed by atoms with Crippen molar-refractivity contribution in [2.45, 2.75) is 32.2 Å². The van der Waals surface area contributed by atoms with Gasteiger partial charge in [0.1, 0.15) is 6.54 Å². The Labute approximate surface area is 155 Å². The van der Waals surface area contributed by atoms with Gasteiger partial charge in [-0.05, 0) is 12.1 Å². The van der Waals surface area contributed by atoms with Crippen LogP contribution in [-0.2, 0) is 20.9 Å². The molecule has 0 saturated carbocycles. The number of piperidine rings is 1. The van der Waals surface area contributed by atoms with Crippen LogP contribution in [0.2, 0.25) is 0 Å². The maximum atomic E-state index is 12.3. The predicted octanol–water partition coefficient (Wildman–Crippen LogP) is -0.728. The molecule has 0 radical (unpaired) electrons. The second-order valence-electron chi connectivity index (χ2n) is 7.60. The van der Waals surface area contributed by atoms with Crippen LogP contribution in [0, 0.1) is 5.92 Å². The molecule has 0 aromatic heterocycles. The third-order valence-corrected chi connectivity index (χ3v) is 5.64. The fraction of sp³-hybridized carbons (Fsp3) is 0.600. The Bertz CT molecular complexity index is 603. The van der Waals surface area contributed by atoms with Crippen LogP contribution < -0.4 is 15.1 Å². The van der Waals surface area contributed by atoms with E-state index in [4.69, 9.17) is 4.74 Å². The fourth-order valence-corrected chi connectivity index (χ4v) is 4.08. The first-order valence-electron chi connectivity index (χ1n) is 9.78. The zero-order valence-electron chi connectivity index (χ0n) is 15.7. The summed E-state index contributed by atoms with van der Waals surface area (Å²) in [5.41, 5.74) is 2.19. The minimum absolute atomic E-state index is 0.00269. The highest BCUT2D eigenvalue weighted by Gasteiger charge is 2.29. The number of quaternary nitrogens is 2. The van der Waals surface area contributed by atoms with Gasteiger partial charge in [-0.3, -0.25) is 9.59 Å². The number of anilines is 1. The van der Waals surface area contributed by atoms with Gasteiger partial charge in [0.15, 0.2) is 6.54 Å². The highest BCUT2D eigenvalue weighted by molar-refractivity contribution is 5.91. The Kier molecular flexibility index (Phi) is 6.63. The topological polar surface area (TPSA) is 64.3 Å². The van der Waals surface area contributed by atoms with E-state index < -0.39 is 0 Å². The summed E-state index contributed by atoms with van der Waals surface area (Å²) in [6.45, 7) is 5.75. The Balaban J connectivity index is 1.41. The van der Waals surface area contributed by atoms with Gasteiger partial charge in [0.05, 0.1) is 39.2 Å². The molecule has 3 rings (SSSR count). The Hall–Kier alpha value is -1.92. The van der Waals surface area contributed by atoms with Crippen LogP contribution in [-0.4, -0.2) is 51.7 Å². The quantitative estimate of drug-likeness (QED) is 0.586. The lowest BCUT2D eigenvalue weighted by atomic mass is 9.97. The number of hydrogen-bond acceptors (Lipinski definition) is 3. The van der Waals surface area contributed by atoms with Gasteiger partial charge >= 0.3 is 5.97 Å². The summed E-state index contributed by atoms with van der Waals surface area (Å²) in [6.07, 6.45) is 4.26. The number of carbonyl (C=O) groups excluding carboxylic acids is 2. The molecule has 6 nitrogen and oxygen atoms in total. The van der Waals surface area contributed by atoms with Crippen molar-refractivity contribution in [3.63, 3.8) is 0 Å². The van der Waals surface area contributed by atoms with Crippen LogP contribution in [0.5, 0.6) is 0 Å². The van der Waals surface area contributed by atoms with Crippen LogP contribution >= 0.6 is 0 Å². The number of esters is 1. The van der Waals surface area contributed by atoms with Gasteiger partial charge in [0, 0.05) is 36.9 Å². The molecular weight excluding hydrogens is 330 g/mol. The molecule has 0 spiro atoms. The molecule has 2 saturated heterocycles. The molecule has 1 aromatic rings. The third-order valence-electron chi connectivity index (χ3n) is 5.64. The molecule has 0 unspecified atom stereocenters. The van der Waals surface area contributed by atoms with Crippen molar-refractivity contribution in [1.29, 1.82) is 0 Å². The summed E-state index contributed by atoms with van der Waals surface area (Å²) >= 11 is 0. The second-order valence-corrected chi connectivity index (χ2v) is 7.60. The van der Waals surface area contributed by atoms with Gasteiger partial charge < -0.3 is 19.9 Å². The molecule has 2 heterocycles. The Morgan fingerprint density at radius 1 is 1.04 bits per heavy atom. The SMILES string of the molecule is COC(=O)C1CC[NH+](CC(=O)Nc2ccc(C[NH+]3CCCC3)cc2)CC1. The summed E-state index contributed by atoms with van der Waals surface area (Å²) < 4.78 is 4.81. The number of benzene rings is 1. The number of methoxy groups -OCH3 is 1. The average molecular weight is 361 g/mol. The van der Waals surface area contributed by atoms with Crippen molar-refractivity contribution in [2.24, 2.45) is 5.92 Å². The normalized spacial score (nSPS) is 23.6. The molecule has 2 fully saturated rings. The molecule has 1 amide bonds. The third kappa shape index (κ3) is 5.29. The number of amides is 1. The number of ether oxygens (including phenoxy) is 1. The maximum Gasteiger partial charge on any atom is 0.309 e. The van der Waals surface area contributed by atoms with Gasteiger partial charge in [0.2, 0.25) is 0 Å². The van der Waals surface area contributed by atoms with E-state index in [2.05, 4.69) is 17.4 Å². The largest absolute Gasteiger partial charge is 0.469 e. The minimum atomic E-state index is -0.121. The van der Waals surface area contributed by atoms with Gasteiger partial charge in [-0.1, -0.05) is 12.1 Å².